The van der Waals surface area contributed by atoms with E-state index in [-0.39, 0.29) is 6.10 Å². The molecule has 0 unspecified atom stereocenters. The van der Waals surface area contributed by atoms with E-state index in [4.69, 9.17) is 10.5 Å². The van der Waals surface area contributed by atoms with E-state index in [1.165, 1.54) is 17.5 Å². The Balaban J connectivity index is 1.50. The van der Waals surface area contributed by atoms with Crippen molar-refractivity contribution in [2.45, 2.75) is 25.0 Å². The number of halogens is 1. The second-order valence-electron chi connectivity index (χ2n) is 7.99. The molecule has 1 fully saturated rings. The van der Waals surface area contributed by atoms with Crippen LogP contribution in [0.3, 0.4) is 0 Å². The van der Waals surface area contributed by atoms with Crippen LogP contribution in [-0.2, 0) is 6.42 Å². The number of ether oxygens (including phenoxy) is 1. The topological polar surface area (TPSA) is 67.2 Å². The highest BCUT2D eigenvalue weighted by atomic mass is 79.9. The Morgan fingerprint density at radius 2 is 2.10 bits per heavy atom. The molecule has 1 aliphatic carbocycles. The first kappa shape index (κ1) is 18.9. The molecule has 0 bridgehead atoms. The quantitative estimate of drug-likeness (QED) is 0.609. The van der Waals surface area contributed by atoms with Crippen LogP contribution in [0, 0.1) is 5.92 Å². The van der Waals surface area contributed by atoms with E-state index in [0.717, 1.165) is 47.5 Å². The average Bonchev–Trinajstić information content (AvgIpc) is 3.49. The van der Waals surface area contributed by atoms with Crippen molar-refractivity contribution in [3.8, 4) is 17.0 Å². The normalized spacial score (nSPS) is 24.0. The lowest BCUT2D eigenvalue weighted by Gasteiger charge is -2.30. The predicted molar refractivity (Wildman–Crippen MR) is 118 cm³/mol. The van der Waals surface area contributed by atoms with E-state index in [0.29, 0.717) is 12.0 Å². The zero-order valence-electron chi connectivity index (χ0n) is 16.2. The molecule has 1 aliphatic heterocycles. The van der Waals surface area contributed by atoms with Crippen molar-refractivity contribution in [1.29, 1.82) is 0 Å². The van der Waals surface area contributed by atoms with E-state index in [2.05, 4.69) is 61.4 Å². The maximum absolute atomic E-state index is 6.76. The Labute approximate surface area is 179 Å². The standard InChI is InChI=1S/C23H25BrN4O/c24-17-5-6-22(19(12-17)20-7-9-26-27-20)29-23-18-4-2-1-3-16(18)11-21(23)28-10-8-15(13-25)14-28/h1-7,9,12,15,21,23H,8,10-11,13-14,25H2,(H,26,27)/t15-,21-,23-/m1/s1. The molecule has 2 heterocycles. The molecule has 5 rings (SSSR count). The number of fused-ring (bicyclic) bond motifs is 1. The summed E-state index contributed by atoms with van der Waals surface area (Å²) in [5, 5.41) is 7.28. The number of nitrogens with two attached hydrogens (primary N) is 1. The van der Waals surface area contributed by atoms with Crippen LogP contribution in [0.2, 0.25) is 0 Å². The SMILES string of the molecule is NC[C@H]1CCN([C@@H]2Cc3ccccc3[C@H]2Oc2ccc(Br)cc2-c2cc[nH]n2)C1. The number of aromatic amines is 1. The Bertz CT molecular complexity index is 990. The maximum Gasteiger partial charge on any atom is 0.140 e. The summed E-state index contributed by atoms with van der Waals surface area (Å²) in [4.78, 5) is 2.58. The van der Waals surface area contributed by atoms with E-state index < -0.39 is 0 Å². The van der Waals surface area contributed by atoms with Gasteiger partial charge in [-0.1, -0.05) is 40.2 Å². The van der Waals surface area contributed by atoms with E-state index in [1.54, 1.807) is 0 Å². The second-order valence-corrected chi connectivity index (χ2v) is 8.91. The lowest BCUT2D eigenvalue weighted by molar-refractivity contribution is 0.0921. The number of benzene rings is 2. The van der Waals surface area contributed by atoms with Crippen LogP contribution in [0.15, 0.2) is 59.2 Å². The minimum Gasteiger partial charge on any atom is -0.483 e. The van der Waals surface area contributed by atoms with Gasteiger partial charge in [0.2, 0.25) is 0 Å². The molecule has 3 atom stereocenters. The van der Waals surface area contributed by atoms with Gasteiger partial charge in [-0.25, -0.2) is 0 Å². The summed E-state index contributed by atoms with van der Waals surface area (Å²) in [5.41, 5.74) is 10.5. The van der Waals surface area contributed by atoms with Gasteiger partial charge in [0.1, 0.15) is 11.9 Å². The summed E-state index contributed by atoms with van der Waals surface area (Å²) in [7, 11) is 0. The van der Waals surface area contributed by atoms with Crippen molar-refractivity contribution in [3.63, 3.8) is 0 Å². The monoisotopic (exact) mass is 452 g/mol. The summed E-state index contributed by atoms with van der Waals surface area (Å²) < 4.78 is 7.77. The molecule has 3 N–H and O–H groups in total. The summed E-state index contributed by atoms with van der Waals surface area (Å²) in [6.45, 7) is 2.91. The van der Waals surface area contributed by atoms with Crippen LogP contribution in [-0.4, -0.2) is 40.8 Å². The fourth-order valence-corrected chi connectivity index (χ4v) is 5.07. The third-order valence-corrected chi connectivity index (χ3v) is 6.73. The molecule has 2 aromatic carbocycles. The van der Waals surface area contributed by atoms with Crippen LogP contribution >= 0.6 is 15.9 Å². The molecule has 6 heteroatoms. The van der Waals surface area contributed by atoms with Gasteiger partial charge < -0.3 is 10.5 Å². The minimum atomic E-state index is 0.00147. The summed E-state index contributed by atoms with van der Waals surface area (Å²) in [6, 6.07) is 17.1. The smallest absolute Gasteiger partial charge is 0.140 e. The van der Waals surface area contributed by atoms with Crippen molar-refractivity contribution < 1.29 is 4.74 Å². The van der Waals surface area contributed by atoms with Gasteiger partial charge in [-0.15, -0.1) is 0 Å². The highest BCUT2D eigenvalue weighted by molar-refractivity contribution is 9.10. The number of H-pyrrole nitrogens is 1. The number of rotatable bonds is 5. The molecule has 1 aromatic heterocycles. The average molecular weight is 453 g/mol. The van der Waals surface area contributed by atoms with E-state index in [1.807, 2.05) is 24.4 Å². The first-order valence-electron chi connectivity index (χ1n) is 10.2. The van der Waals surface area contributed by atoms with Crippen LogP contribution in [0.1, 0.15) is 23.7 Å². The molecule has 1 saturated heterocycles. The van der Waals surface area contributed by atoms with Gasteiger partial charge in [-0.2, -0.15) is 5.10 Å². The van der Waals surface area contributed by atoms with Gasteiger partial charge >= 0.3 is 0 Å². The molecule has 0 spiro atoms. The fraction of sp³-hybridized carbons (Fsp3) is 0.348. The number of hydrogen-bond donors (Lipinski definition) is 2. The highest BCUT2D eigenvalue weighted by Gasteiger charge is 2.40. The molecule has 5 nitrogen and oxygen atoms in total. The molecular weight excluding hydrogens is 428 g/mol. The largest absolute Gasteiger partial charge is 0.483 e. The van der Waals surface area contributed by atoms with Crippen molar-refractivity contribution in [1.82, 2.24) is 15.1 Å². The van der Waals surface area contributed by atoms with Crippen LogP contribution < -0.4 is 10.5 Å². The number of likely N-dealkylation sites (tertiary alicyclic amines) is 1. The van der Waals surface area contributed by atoms with Crippen LogP contribution in [0.5, 0.6) is 5.75 Å². The highest BCUT2D eigenvalue weighted by Crippen LogP contribution is 2.42. The van der Waals surface area contributed by atoms with Gasteiger partial charge in [0.25, 0.3) is 0 Å². The summed E-state index contributed by atoms with van der Waals surface area (Å²) >= 11 is 3.59. The molecular formula is C23H25BrN4O. The number of aromatic nitrogens is 2. The molecule has 0 amide bonds. The zero-order valence-corrected chi connectivity index (χ0v) is 17.8. The molecule has 0 saturated carbocycles. The Kier molecular flexibility index (Phi) is 5.16. The Morgan fingerprint density at radius 3 is 2.90 bits per heavy atom. The van der Waals surface area contributed by atoms with Crippen molar-refractivity contribution in [2.24, 2.45) is 11.7 Å². The van der Waals surface area contributed by atoms with Gasteiger partial charge in [0.05, 0.1) is 11.7 Å². The van der Waals surface area contributed by atoms with Crippen molar-refractivity contribution >= 4 is 15.9 Å². The number of nitrogens with zero attached hydrogens (tertiary/aromatic N) is 2. The van der Waals surface area contributed by atoms with Crippen LogP contribution in [0.4, 0.5) is 0 Å². The lowest BCUT2D eigenvalue weighted by atomic mass is 10.1. The predicted octanol–water partition coefficient (Wildman–Crippen LogP) is 4.16. The molecule has 150 valence electrons. The summed E-state index contributed by atoms with van der Waals surface area (Å²) in [5.74, 6) is 1.45. The third kappa shape index (κ3) is 3.61. The number of hydrogen-bond acceptors (Lipinski definition) is 4. The van der Waals surface area contributed by atoms with Gasteiger partial charge in [0, 0.05) is 22.8 Å². The molecule has 3 aromatic rings. The molecule has 2 aliphatic rings. The summed E-state index contributed by atoms with van der Waals surface area (Å²) in [6.07, 6.45) is 4.03. The molecule has 29 heavy (non-hydrogen) atoms. The maximum atomic E-state index is 6.76. The van der Waals surface area contributed by atoms with Gasteiger partial charge in [-0.05, 0) is 67.2 Å². The van der Waals surface area contributed by atoms with E-state index >= 15 is 0 Å². The third-order valence-electron chi connectivity index (χ3n) is 6.23. The van der Waals surface area contributed by atoms with Gasteiger partial charge in [-0.3, -0.25) is 10.00 Å². The lowest BCUT2D eigenvalue weighted by Crippen LogP contribution is -2.39. The first-order valence-corrected chi connectivity index (χ1v) is 11.0. The Morgan fingerprint density at radius 1 is 1.21 bits per heavy atom. The van der Waals surface area contributed by atoms with Crippen LogP contribution in [0.25, 0.3) is 11.3 Å². The fourth-order valence-electron chi connectivity index (χ4n) is 4.71. The minimum absolute atomic E-state index is 0.00147. The van der Waals surface area contributed by atoms with Crippen molar-refractivity contribution in [2.75, 3.05) is 19.6 Å². The molecule has 0 radical (unpaired) electrons. The van der Waals surface area contributed by atoms with Crippen molar-refractivity contribution in [3.05, 3.63) is 70.3 Å². The number of nitrogens with one attached hydrogen (secondary N) is 1. The first-order chi connectivity index (χ1) is 14.2. The zero-order chi connectivity index (χ0) is 19.8. The van der Waals surface area contributed by atoms with E-state index in [9.17, 15) is 0 Å². The van der Waals surface area contributed by atoms with Gasteiger partial charge in [0.15, 0.2) is 0 Å². The Hall–Kier alpha value is -2.15. The second kappa shape index (κ2) is 7.94.